The lowest BCUT2D eigenvalue weighted by Crippen LogP contribution is -2.19. The van der Waals surface area contributed by atoms with Gasteiger partial charge >= 0.3 is 0 Å². The van der Waals surface area contributed by atoms with Crippen LogP contribution >= 0.6 is 0 Å². The molecule has 0 aromatic heterocycles. The Balaban J connectivity index is 2.42. The molecule has 1 rings (SSSR count). The van der Waals surface area contributed by atoms with Crippen LogP contribution in [0.3, 0.4) is 0 Å². The van der Waals surface area contributed by atoms with E-state index in [1.54, 1.807) is 0 Å². The van der Waals surface area contributed by atoms with E-state index in [4.69, 9.17) is 10.5 Å². The average Bonchev–Trinajstić information content (AvgIpc) is 2.46. The van der Waals surface area contributed by atoms with Crippen LogP contribution in [0, 0.1) is 0 Å². The van der Waals surface area contributed by atoms with E-state index in [0.717, 1.165) is 49.4 Å². The van der Waals surface area contributed by atoms with Crippen molar-refractivity contribution in [3.8, 4) is 5.75 Å². The van der Waals surface area contributed by atoms with Crippen LogP contribution in [0.4, 0.5) is 0 Å². The van der Waals surface area contributed by atoms with E-state index in [0.29, 0.717) is 5.75 Å². The summed E-state index contributed by atoms with van der Waals surface area (Å²) in [5.41, 5.74) is 7.14. The molecule has 4 heteroatoms. The van der Waals surface area contributed by atoms with Crippen molar-refractivity contribution in [3.63, 3.8) is 0 Å². The lowest BCUT2D eigenvalue weighted by atomic mass is 10.1. The Bertz CT molecular complexity index is 392. The first-order valence-electron chi connectivity index (χ1n) is 7.50. The summed E-state index contributed by atoms with van der Waals surface area (Å²) in [5.74, 6) is 2.17. The minimum Gasteiger partial charge on any atom is -0.494 e. The molecule has 2 atom stereocenters. The molecule has 0 spiro atoms. The zero-order valence-electron chi connectivity index (χ0n) is 12.6. The number of hydrogen-bond acceptors (Lipinski definition) is 3. The summed E-state index contributed by atoms with van der Waals surface area (Å²) in [4.78, 5) is 0. The standard InChI is InChI=1S/C16H27NO2S/c1-3-5-6-12-20(18)13-16(17)14-7-9-15(10-8-14)19-11-4-2/h7-10,16H,3-6,11-13,17H2,1-2H3. The molecule has 1 aromatic carbocycles. The minimum atomic E-state index is -0.819. The van der Waals surface area contributed by atoms with Gasteiger partial charge in [0.2, 0.25) is 0 Å². The van der Waals surface area contributed by atoms with E-state index in [1.165, 1.54) is 0 Å². The first kappa shape index (κ1) is 17.2. The highest BCUT2D eigenvalue weighted by molar-refractivity contribution is 7.85. The van der Waals surface area contributed by atoms with Crippen LogP contribution in [0.15, 0.2) is 24.3 Å². The van der Waals surface area contributed by atoms with E-state index in [9.17, 15) is 4.21 Å². The normalized spacial score (nSPS) is 13.9. The first-order chi connectivity index (χ1) is 9.67. The fraction of sp³-hybridized carbons (Fsp3) is 0.625. The molecule has 20 heavy (non-hydrogen) atoms. The summed E-state index contributed by atoms with van der Waals surface area (Å²) < 4.78 is 17.5. The Morgan fingerprint density at radius 2 is 1.85 bits per heavy atom. The molecular formula is C16H27NO2S. The van der Waals surface area contributed by atoms with Crippen LogP contribution in [-0.4, -0.2) is 22.3 Å². The fourth-order valence-corrected chi connectivity index (χ4v) is 3.21. The van der Waals surface area contributed by atoms with Crippen molar-refractivity contribution in [1.29, 1.82) is 0 Å². The van der Waals surface area contributed by atoms with Gasteiger partial charge in [-0.1, -0.05) is 38.8 Å². The summed E-state index contributed by atoms with van der Waals surface area (Å²) in [7, 11) is -0.819. The maximum Gasteiger partial charge on any atom is 0.119 e. The van der Waals surface area contributed by atoms with Gasteiger partial charge in [-0.15, -0.1) is 0 Å². The zero-order chi connectivity index (χ0) is 14.8. The van der Waals surface area contributed by atoms with Gasteiger partial charge in [0.25, 0.3) is 0 Å². The molecule has 0 aliphatic rings. The van der Waals surface area contributed by atoms with E-state index in [2.05, 4.69) is 13.8 Å². The number of nitrogens with two attached hydrogens (primary N) is 1. The highest BCUT2D eigenvalue weighted by Gasteiger charge is 2.10. The minimum absolute atomic E-state index is 0.155. The average molecular weight is 297 g/mol. The molecule has 0 aliphatic heterocycles. The van der Waals surface area contributed by atoms with Crippen molar-refractivity contribution in [1.82, 2.24) is 0 Å². The third-order valence-corrected chi connectivity index (χ3v) is 4.60. The molecule has 0 aliphatic carbocycles. The molecule has 2 unspecified atom stereocenters. The third-order valence-electron chi connectivity index (χ3n) is 3.12. The van der Waals surface area contributed by atoms with Crippen molar-refractivity contribution < 1.29 is 8.95 Å². The van der Waals surface area contributed by atoms with Gasteiger partial charge in [0.1, 0.15) is 5.75 Å². The van der Waals surface area contributed by atoms with Crippen LogP contribution < -0.4 is 10.5 Å². The van der Waals surface area contributed by atoms with Gasteiger partial charge < -0.3 is 10.5 Å². The number of unbranched alkanes of at least 4 members (excludes halogenated alkanes) is 2. The van der Waals surface area contributed by atoms with Gasteiger partial charge in [-0.2, -0.15) is 0 Å². The molecule has 2 N–H and O–H groups in total. The van der Waals surface area contributed by atoms with E-state index in [-0.39, 0.29) is 6.04 Å². The SMILES string of the molecule is CCCCCS(=O)CC(N)c1ccc(OCCC)cc1. The maximum absolute atomic E-state index is 11.9. The summed E-state index contributed by atoms with van der Waals surface area (Å²) >= 11 is 0. The van der Waals surface area contributed by atoms with E-state index >= 15 is 0 Å². The lowest BCUT2D eigenvalue weighted by Gasteiger charge is -2.13. The predicted octanol–water partition coefficient (Wildman–Crippen LogP) is 3.41. The van der Waals surface area contributed by atoms with Crippen LogP contribution in [0.1, 0.15) is 51.1 Å². The van der Waals surface area contributed by atoms with Gasteiger partial charge in [-0.3, -0.25) is 4.21 Å². The van der Waals surface area contributed by atoms with Crippen LogP contribution in [0.25, 0.3) is 0 Å². The van der Waals surface area contributed by atoms with Crippen molar-refractivity contribution in [2.45, 2.75) is 45.6 Å². The molecule has 0 bridgehead atoms. The van der Waals surface area contributed by atoms with Gasteiger partial charge in [-0.25, -0.2) is 0 Å². The topological polar surface area (TPSA) is 52.3 Å². The molecule has 114 valence electrons. The van der Waals surface area contributed by atoms with Crippen LogP contribution in [0.2, 0.25) is 0 Å². The molecule has 3 nitrogen and oxygen atoms in total. The molecule has 0 radical (unpaired) electrons. The monoisotopic (exact) mass is 297 g/mol. The maximum atomic E-state index is 11.9. The first-order valence-corrected chi connectivity index (χ1v) is 8.99. The van der Waals surface area contributed by atoms with Gasteiger partial charge in [-0.05, 0) is 30.5 Å². The molecule has 0 saturated carbocycles. The summed E-state index contributed by atoms with van der Waals surface area (Å²) in [6.45, 7) is 4.96. The van der Waals surface area contributed by atoms with E-state index < -0.39 is 10.8 Å². The predicted molar refractivity (Wildman–Crippen MR) is 86.6 cm³/mol. The highest BCUT2D eigenvalue weighted by Crippen LogP contribution is 2.17. The molecule has 0 amide bonds. The summed E-state index contributed by atoms with van der Waals surface area (Å²) in [5, 5.41) is 0. The number of hydrogen-bond donors (Lipinski definition) is 1. The molecule has 1 aromatic rings. The van der Waals surface area contributed by atoms with Crippen molar-refractivity contribution in [3.05, 3.63) is 29.8 Å². The summed E-state index contributed by atoms with van der Waals surface area (Å²) in [6.07, 6.45) is 4.32. The Morgan fingerprint density at radius 1 is 1.15 bits per heavy atom. The van der Waals surface area contributed by atoms with E-state index in [1.807, 2.05) is 24.3 Å². The van der Waals surface area contributed by atoms with Gasteiger partial charge in [0, 0.05) is 28.3 Å². The molecule has 0 fully saturated rings. The number of benzene rings is 1. The van der Waals surface area contributed by atoms with Gasteiger partial charge in [0.15, 0.2) is 0 Å². The van der Waals surface area contributed by atoms with Crippen LogP contribution in [-0.2, 0) is 10.8 Å². The Kier molecular flexibility index (Phi) is 8.54. The lowest BCUT2D eigenvalue weighted by molar-refractivity contribution is 0.317. The van der Waals surface area contributed by atoms with Crippen molar-refractivity contribution >= 4 is 10.8 Å². The van der Waals surface area contributed by atoms with Crippen molar-refractivity contribution in [2.75, 3.05) is 18.1 Å². The smallest absolute Gasteiger partial charge is 0.119 e. The third kappa shape index (κ3) is 6.53. The zero-order valence-corrected chi connectivity index (χ0v) is 13.5. The van der Waals surface area contributed by atoms with Gasteiger partial charge in [0.05, 0.1) is 6.61 Å². The second kappa shape index (κ2) is 9.94. The Morgan fingerprint density at radius 3 is 2.45 bits per heavy atom. The van der Waals surface area contributed by atoms with Crippen LogP contribution in [0.5, 0.6) is 5.75 Å². The quantitative estimate of drug-likeness (QED) is 0.673. The number of rotatable bonds is 10. The fourth-order valence-electron chi connectivity index (χ4n) is 1.92. The number of ether oxygens (including phenoxy) is 1. The Hall–Kier alpha value is -0.870. The summed E-state index contributed by atoms with van der Waals surface area (Å²) in [6, 6.07) is 7.66. The molecule has 0 heterocycles. The largest absolute Gasteiger partial charge is 0.494 e. The van der Waals surface area contributed by atoms with Crippen molar-refractivity contribution in [2.24, 2.45) is 5.73 Å². The molecular weight excluding hydrogens is 270 g/mol. The highest BCUT2D eigenvalue weighted by atomic mass is 32.2. The Labute approximate surface area is 125 Å². The second-order valence-corrected chi connectivity index (χ2v) is 6.66. The second-order valence-electron chi connectivity index (χ2n) is 5.04. The molecule has 0 saturated heterocycles.